The molecule has 102 valence electrons. The van der Waals surface area contributed by atoms with Crippen molar-refractivity contribution in [1.29, 1.82) is 0 Å². The Morgan fingerprint density at radius 1 is 1.41 bits per heavy atom. The summed E-state index contributed by atoms with van der Waals surface area (Å²) < 4.78 is 9.99. The van der Waals surface area contributed by atoms with Gasteiger partial charge >= 0.3 is 5.97 Å². The lowest BCUT2D eigenvalue weighted by atomic mass is 9.89. The minimum absolute atomic E-state index is 0.137. The van der Waals surface area contributed by atoms with E-state index in [1.165, 1.54) is 0 Å². The molecule has 17 heavy (non-hydrogen) atoms. The van der Waals surface area contributed by atoms with E-state index in [0.29, 0.717) is 13.0 Å². The first kappa shape index (κ1) is 16.4. The van der Waals surface area contributed by atoms with E-state index in [-0.39, 0.29) is 17.4 Å². The van der Waals surface area contributed by atoms with Crippen molar-refractivity contribution in [2.45, 2.75) is 46.6 Å². The Morgan fingerprint density at radius 2 is 2.06 bits per heavy atom. The summed E-state index contributed by atoms with van der Waals surface area (Å²) in [7, 11) is 1.72. The second-order valence-electron chi connectivity index (χ2n) is 5.20. The predicted octanol–water partition coefficient (Wildman–Crippen LogP) is 1.98. The molecule has 0 spiro atoms. The lowest BCUT2D eigenvalue weighted by molar-refractivity contribution is -0.143. The largest absolute Gasteiger partial charge is 0.466 e. The average Bonchev–Trinajstić information content (AvgIpc) is 2.24. The van der Waals surface area contributed by atoms with Crippen molar-refractivity contribution in [3.63, 3.8) is 0 Å². The fourth-order valence-corrected chi connectivity index (χ4v) is 1.46. The Hall–Kier alpha value is -0.610. The Kier molecular flexibility index (Phi) is 8.17. The zero-order chi connectivity index (χ0) is 13.3. The van der Waals surface area contributed by atoms with E-state index in [0.717, 1.165) is 19.6 Å². The predicted molar refractivity (Wildman–Crippen MR) is 69.0 cm³/mol. The molecule has 1 unspecified atom stereocenters. The maximum atomic E-state index is 11.3. The van der Waals surface area contributed by atoms with Gasteiger partial charge < -0.3 is 14.8 Å². The Balaban J connectivity index is 3.81. The van der Waals surface area contributed by atoms with Gasteiger partial charge in [0.25, 0.3) is 0 Å². The van der Waals surface area contributed by atoms with Gasteiger partial charge in [-0.25, -0.2) is 0 Å². The van der Waals surface area contributed by atoms with Gasteiger partial charge in [-0.15, -0.1) is 0 Å². The van der Waals surface area contributed by atoms with Gasteiger partial charge in [0.15, 0.2) is 0 Å². The highest BCUT2D eigenvalue weighted by molar-refractivity contribution is 5.69. The van der Waals surface area contributed by atoms with E-state index in [4.69, 9.17) is 9.47 Å². The summed E-state index contributed by atoms with van der Waals surface area (Å²) in [6, 6.07) is 0.149. The van der Waals surface area contributed by atoms with E-state index in [2.05, 4.69) is 19.2 Å². The molecule has 0 bridgehead atoms. The van der Waals surface area contributed by atoms with Gasteiger partial charge in [-0.05, 0) is 25.7 Å². The molecule has 1 atom stereocenters. The van der Waals surface area contributed by atoms with Gasteiger partial charge in [0.1, 0.15) is 0 Å². The monoisotopic (exact) mass is 245 g/mol. The SMILES string of the molecule is CCOC(=O)CC(C)NCC(C)(C)CCOC. The fraction of sp³-hybridized carbons (Fsp3) is 0.923. The summed E-state index contributed by atoms with van der Waals surface area (Å²) in [5.74, 6) is -0.137. The molecule has 0 aromatic rings. The van der Waals surface area contributed by atoms with Crippen molar-refractivity contribution in [1.82, 2.24) is 5.32 Å². The first-order chi connectivity index (χ1) is 7.91. The summed E-state index contributed by atoms with van der Waals surface area (Å²) >= 11 is 0. The van der Waals surface area contributed by atoms with Gasteiger partial charge in [-0.2, -0.15) is 0 Å². The van der Waals surface area contributed by atoms with E-state index in [1.807, 2.05) is 13.8 Å². The molecule has 1 N–H and O–H groups in total. The van der Waals surface area contributed by atoms with Crippen LogP contribution in [0.5, 0.6) is 0 Å². The molecule has 4 nitrogen and oxygen atoms in total. The molecular formula is C13H27NO3. The number of ether oxygens (including phenoxy) is 2. The first-order valence-electron chi connectivity index (χ1n) is 6.29. The van der Waals surface area contributed by atoms with Crippen LogP contribution in [0.2, 0.25) is 0 Å². The minimum atomic E-state index is -0.137. The van der Waals surface area contributed by atoms with Crippen LogP contribution in [0, 0.1) is 5.41 Å². The summed E-state index contributed by atoms with van der Waals surface area (Å²) in [5.41, 5.74) is 0.179. The van der Waals surface area contributed by atoms with Crippen molar-refractivity contribution >= 4 is 5.97 Å². The van der Waals surface area contributed by atoms with Crippen LogP contribution < -0.4 is 5.32 Å². The number of esters is 1. The molecule has 0 aliphatic carbocycles. The van der Waals surface area contributed by atoms with Crippen molar-refractivity contribution in [2.75, 3.05) is 26.9 Å². The molecule has 0 aromatic carbocycles. The summed E-state index contributed by atoms with van der Waals surface area (Å²) in [6.45, 7) is 10.3. The topological polar surface area (TPSA) is 47.6 Å². The van der Waals surface area contributed by atoms with Crippen LogP contribution in [0.15, 0.2) is 0 Å². The van der Waals surface area contributed by atoms with Gasteiger partial charge in [-0.1, -0.05) is 13.8 Å². The lowest BCUT2D eigenvalue weighted by Crippen LogP contribution is -2.37. The van der Waals surface area contributed by atoms with E-state index in [1.54, 1.807) is 7.11 Å². The van der Waals surface area contributed by atoms with E-state index >= 15 is 0 Å². The normalized spacial score (nSPS) is 13.5. The van der Waals surface area contributed by atoms with Crippen molar-refractivity contribution < 1.29 is 14.3 Å². The molecule has 0 rings (SSSR count). The molecule has 0 heterocycles. The molecule has 4 heteroatoms. The van der Waals surface area contributed by atoms with Crippen LogP contribution in [-0.2, 0) is 14.3 Å². The average molecular weight is 245 g/mol. The smallest absolute Gasteiger partial charge is 0.307 e. The van der Waals surface area contributed by atoms with Crippen molar-refractivity contribution in [3.8, 4) is 0 Å². The first-order valence-corrected chi connectivity index (χ1v) is 6.29. The zero-order valence-corrected chi connectivity index (χ0v) is 11.8. The molecule has 0 aromatic heterocycles. The summed E-state index contributed by atoms with van der Waals surface area (Å²) in [4.78, 5) is 11.3. The summed E-state index contributed by atoms with van der Waals surface area (Å²) in [6.07, 6.45) is 1.43. The van der Waals surface area contributed by atoms with Crippen molar-refractivity contribution in [2.24, 2.45) is 5.41 Å². The molecular weight excluding hydrogens is 218 g/mol. The van der Waals surface area contributed by atoms with Gasteiger partial charge in [-0.3, -0.25) is 4.79 Å². The second-order valence-corrected chi connectivity index (χ2v) is 5.20. The van der Waals surface area contributed by atoms with Crippen molar-refractivity contribution in [3.05, 3.63) is 0 Å². The highest BCUT2D eigenvalue weighted by Crippen LogP contribution is 2.19. The molecule has 0 aliphatic heterocycles. The van der Waals surface area contributed by atoms with Gasteiger partial charge in [0.05, 0.1) is 13.0 Å². The third-order valence-corrected chi connectivity index (χ3v) is 2.69. The second kappa shape index (κ2) is 8.48. The van der Waals surface area contributed by atoms with Crippen LogP contribution in [0.1, 0.15) is 40.5 Å². The van der Waals surface area contributed by atoms with Crippen LogP contribution in [0.4, 0.5) is 0 Å². The zero-order valence-electron chi connectivity index (χ0n) is 11.8. The number of carbonyl (C=O) groups is 1. The third kappa shape index (κ3) is 9.12. The summed E-state index contributed by atoms with van der Waals surface area (Å²) in [5, 5.41) is 3.36. The van der Waals surface area contributed by atoms with Crippen LogP contribution >= 0.6 is 0 Å². The van der Waals surface area contributed by atoms with E-state index < -0.39 is 0 Å². The molecule has 0 fully saturated rings. The molecule has 0 saturated carbocycles. The lowest BCUT2D eigenvalue weighted by Gasteiger charge is -2.26. The highest BCUT2D eigenvalue weighted by atomic mass is 16.5. The Bertz CT molecular complexity index is 217. The number of hydrogen-bond acceptors (Lipinski definition) is 4. The van der Waals surface area contributed by atoms with Crippen LogP contribution in [-0.4, -0.2) is 38.9 Å². The van der Waals surface area contributed by atoms with Crippen LogP contribution in [0.25, 0.3) is 0 Å². The van der Waals surface area contributed by atoms with Gasteiger partial charge in [0.2, 0.25) is 0 Å². The standard InChI is InChI=1S/C13H27NO3/c1-6-17-12(15)9-11(2)14-10-13(3,4)7-8-16-5/h11,14H,6-10H2,1-5H3. The number of carbonyl (C=O) groups excluding carboxylic acids is 1. The molecule has 0 radical (unpaired) electrons. The van der Waals surface area contributed by atoms with Gasteiger partial charge in [0, 0.05) is 26.3 Å². The third-order valence-electron chi connectivity index (χ3n) is 2.69. The fourth-order valence-electron chi connectivity index (χ4n) is 1.46. The maximum absolute atomic E-state index is 11.3. The maximum Gasteiger partial charge on any atom is 0.307 e. The van der Waals surface area contributed by atoms with E-state index in [9.17, 15) is 4.79 Å². The molecule has 0 aliphatic rings. The Morgan fingerprint density at radius 3 is 2.59 bits per heavy atom. The number of nitrogens with one attached hydrogen (secondary N) is 1. The Labute approximate surface area is 105 Å². The number of hydrogen-bond donors (Lipinski definition) is 1. The molecule has 0 amide bonds. The quantitative estimate of drug-likeness (QED) is 0.631. The number of rotatable bonds is 9. The van der Waals surface area contributed by atoms with Crippen LogP contribution in [0.3, 0.4) is 0 Å². The molecule has 0 saturated heterocycles. The minimum Gasteiger partial charge on any atom is -0.466 e. The highest BCUT2D eigenvalue weighted by Gasteiger charge is 2.19. The number of methoxy groups -OCH3 is 1.